The van der Waals surface area contributed by atoms with Gasteiger partial charge in [-0.1, -0.05) is 28.1 Å². The molecule has 0 aliphatic rings. The first-order chi connectivity index (χ1) is 11.8. The van der Waals surface area contributed by atoms with Crippen molar-refractivity contribution in [1.29, 1.82) is 0 Å². The Bertz CT molecular complexity index is 774. The second-order valence-corrected chi connectivity index (χ2v) is 6.90. The van der Waals surface area contributed by atoms with Crippen molar-refractivity contribution in [3.63, 3.8) is 0 Å². The van der Waals surface area contributed by atoms with E-state index in [1.807, 2.05) is 24.3 Å². The fourth-order valence-corrected chi connectivity index (χ4v) is 2.45. The van der Waals surface area contributed by atoms with Crippen LogP contribution in [0.3, 0.4) is 0 Å². The van der Waals surface area contributed by atoms with Gasteiger partial charge in [-0.25, -0.2) is 0 Å². The highest BCUT2D eigenvalue weighted by molar-refractivity contribution is 9.10. The Morgan fingerprint density at radius 2 is 1.64 bits per heavy atom. The van der Waals surface area contributed by atoms with E-state index < -0.39 is 0 Å². The lowest BCUT2D eigenvalue weighted by Crippen LogP contribution is -2.34. The molecule has 0 bridgehead atoms. The average molecular weight is 420 g/mol. The van der Waals surface area contributed by atoms with E-state index in [2.05, 4.69) is 26.6 Å². The zero-order valence-corrected chi connectivity index (χ0v) is 16.3. The maximum atomic E-state index is 12.1. The van der Waals surface area contributed by atoms with Gasteiger partial charge in [0, 0.05) is 29.8 Å². The van der Waals surface area contributed by atoms with Gasteiger partial charge in [0.2, 0.25) is 5.91 Å². The number of anilines is 1. The van der Waals surface area contributed by atoms with E-state index in [-0.39, 0.29) is 16.9 Å². The molecule has 130 valence electrons. The summed E-state index contributed by atoms with van der Waals surface area (Å²) in [5.41, 5.74) is 2.17. The number of rotatable bonds is 4. The standard InChI is InChI=1S/C18H18BrN3O2S/c1-22(2)16(23)11-12-3-9-15(10-4-12)20-18(25)21-17(24)13-5-7-14(19)8-6-13/h3-10H,11H2,1-2H3,(H2,20,21,24,25). The van der Waals surface area contributed by atoms with E-state index in [9.17, 15) is 9.59 Å². The van der Waals surface area contributed by atoms with Crippen molar-refractivity contribution >= 4 is 50.8 Å². The minimum Gasteiger partial charge on any atom is -0.349 e. The van der Waals surface area contributed by atoms with Crippen molar-refractivity contribution < 1.29 is 9.59 Å². The molecule has 0 spiro atoms. The first-order valence-electron chi connectivity index (χ1n) is 7.52. The molecule has 2 rings (SSSR count). The highest BCUT2D eigenvalue weighted by Gasteiger charge is 2.09. The van der Waals surface area contributed by atoms with Crippen LogP contribution in [0.15, 0.2) is 53.0 Å². The maximum Gasteiger partial charge on any atom is 0.257 e. The quantitative estimate of drug-likeness (QED) is 0.746. The van der Waals surface area contributed by atoms with Crippen molar-refractivity contribution in [2.75, 3.05) is 19.4 Å². The zero-order chi connectivity index (χ0) is 18.4. The molecule has 25 heavy (non-hydrogen) atoms. The first kappa shape index (κ1) is 19.1. The molecule has 2 amide bonds. The van der Waals surface area contributed by atoms with Crippen LogP contribution in [-0.4, -0.2) is 35.9 Å². The molecular weight excluding hydrogens is 402 g/mol. The van der Waals surface area contributed by atoms with Crippen molar-refractivity contribution in [3.05, 3.63) is 64.1 Å². The summed E-state index contributed by atoms with van der Waals surface area (Å²) >= 11 is 8.49. The third kappa shape index (κ3) is 5.95. The lowest BCUT2D eigenvalue weighted by molar-refractivity contribution is -0.127. The zero-order valence-electron chi connectivity index (χ0n) is 13.9. The van der Waals surface area contributed by atoms with Gasteiger partial charge in [0.15, 0.2) is 5.11 Å². The van der Waals surface area contributed by atoms with Crippen molar-refractivity contribution in [3.8, 4) is 0 Å². The van der Waals surface area contributed by atoms with Crippen LogP contribution in [0, 0.1) is 0 Å². The van der Waals surface area contributed by atoms with Crippen molar-refractivity contribution in [2.45, 2.75) is 6.42 Å². The molecule has 2 aromatic carbocycles. The Morgan fingerprint density at radius 1 is 1.04 bits per heavy atom. The van der Waals surface area contributed by atoms with Crippen molar-refractivity contribution in [2.24, 2.45) is 0 Å². The van der Waals surface area contributed by atoms with Gasteiger partial charge in [-0.2, -0.15) is 0 Å². The molecule has 0 fully saturated rings. The molecule has 0 saturated heterocycles. The summed E-state index contributed by atoms with van der Waals surface area (Å²) in [4.78, 5) is 25.3. The number of carbonyl (C=O) groups excluding carboxylic acids is 2. The van der Waals surface area contributed by atoms with E-state index in [0.29, 0.717) is 12.0 Å². The fourth-order valence-electron chi connectivity index (χ4n) is 1.98. The van der Waals surface area contributed by atoms with Gasteiger partial charge < -0.3 is 10.2 Å². The molecule has 5 nitrogen and oxygen atoms in total. The lowest BCUT2D eigenvalue weighted by Gasteiger charge is -2.12. The number of hydrogen-bond acceptors (Lipinski definition) is 3. The van der Waals surface area contributed by atoms with E-state index in [0.717, 1.165) is 15.7 Å². The smallest absolute Gasteiger partial charge is 0.257 e. The van der Waals surface area contributed by atoms with Crippen LogP contribution in [-0.2, 0) is 11.2 Å². The summed E-state index contributed by atoms with van der Waals surface area (Å²) in [7, 11) is 3.45. The average Bonchev–Trinajstić information content (AvgIpc) is 2.57. The lowest BCUT2D eigenvalue weighted by atomic mass is 10.1. The van der Waals surface area contributed by atoms with Crippen molar-refractivity contribution in [1.82, 2.24) is 10.2 Å². The van der Waals surface area contributed by atoms with Gasteiger partial charge in [0.25, 0.3) is 5.91 Å². The molecule has 0 unspecified atom stereocenters. The number of halogens is 1. The van der Waals surface area contributed by atoms with E-state index in [1.54, 1.807) is 43.3 Å². The number of nitrogens with zero attached hydrogens (tertiary/aromatic N) is 1. The topological polar surface area (TPSA) is 61.4 Å². The van der Waals surface area contributed by atoms with Gasteiger partial charge in [0.1, 0.15) is 0 Å². The monoisotopic (exact) mass is 419 g/mol. The minimum absolute atomic E-state index is 0.0398. The van der Waals surface area contributed by atoms with Gasteiger partial charge in [-0.05, 0) is 54.2 Å². The second kappa shape index (κ2) is 8.73. The molecule has 0 radical (unpaired) electrons. The predicted molar refractivity (Wildman–Crippen MR) is 107 cm³/mol. The van der Waals surface area contributed by atoms with Gasteiger partial charge >= 0.3 is 0 Å². The van der Waals surface area contributed by atoms with E-state index in [1.165, 1.54) is 0 Å². The number of amides is 2. The fraction of sp³-hybridized carbons (Fsp3) is 0.167. The molecule has 0 aromatic heterocycles. The Labute approximate surface area is 160 Å². The SMILES string of the molecule is CN(C)C(=O)Cc1ccc(NC(=S)NC(=O)c2ccc(Br)cc2)cc1. The summed E-state index contributed by atoms with van der Waals surface area (Å²) in [6.07, 6.45) is 0.345. The predicted octanol–water partition coefficient (Wildman–Crippen LogP) is 3.21. The maximum absolute atomic E-state index is 12.1. The van der Waals surface area contributed by atoms with Crippen LogP contribution in [0.25, 0.3) is 0 Å². The molecule has 2 N–H and O–H groups in total. The van der Waals surface area contributed by atoms with Gasteiger partial charge in [-0.3, -0.25) is 14.9 Å². The van der Waals surface area contributed by atoms with Gasteiger partial charge in [0.05, 0.1) is 6.42 Å². The Hall–Kier alpha value is -2.25. The van der Waals surface area contributed by atoms with Crippen LogP contribution in [0.2, 0.25) is 0 Å². The molecule has 0 saturated carbocycles. The molecule has 7 heteroatoms. The first-order valence-corrected chi connectivity index (χ1v) is 8.72. The van der Waals surface area contributed by atoms with Crippen LogP contribution in [0.5, 0.6) is 0 Å². The Kier molecular flexibility index (Phi) is 6.66. The minimum atomic E-state index is -0.279. The van der Waals surface area contributed by atoms with Crippen LogP contribution in [0.1, 0.15) is 15.9 Å². The summed E-state index contributed by atoms with van der Waals surface area (Å²) in [5.74, 6) is -0.240. The Morgan fingerprint density at radius 3 is 2.20 bits per heavy atom. The van der Waals surface area contributed by atoms with Crippen LogP contribution < -0.4 is 10.6 Å². The molecule has 0 aliphatic carbocycles. The molecule has 2 aromatic rings. The number of likely N-dealkylation sites (N-methyl/N-ethyl adjacent to an activating group) is 1. The number of hydrogen-bond donors (Lipinski definition) is 2. The summed E-state index contributed by atoms with van der Waals surface area (Å²) in [6.45, 7) is 0. The summed E-state index contributed by atoms with van der Waals surface area (Å²) < 4.78 is 0.901. The second-order valence-electron chi connectivity index (χ2n) is 5.58. The number of thiocarbonyl (C=S) groups is 1. The number of carbonyl (C=O) groups is 2. The summed E-state index contributed by atoms with van der Waals surface area (Å²) in [5, 5.41) is 5.80. The molecule has 0 aliphatic heterocycles. The third-order valence-electron chi connectivity index (χ3n) is 3.40. The molecular formula is C18H18BrN3O2S. The van der Waals surface area contributed by atoms with E-state index >= 15 is 0 Å². The molecule has 0 heterocycles. The number of benzene rings is 2. The third-order valence-corrected chi connectivity index (χ3v) is 4.13. The highest BCUT2D eigenvalue weighted by Crippen LogP contribution is 2.12. The van der Waals surface area contributed by atoms with E-state index in [4.69, 9.17) is 12.2 Å². The summed E-state index contributed by atoms with van der Waals surface area (Å²) in [6, 6.07) is 14.3. The van der Waals surface area contributed by atoms with Gasteiger partial charge in [-0.15, -0.1) is 0 Å². The normalized spacial score (nSPS) is 10.0. The highest BCUT2D eigenvalue weighted by atomic mass is 79.9. The van der Waals surface area contributed by atoms with Crippen LogP contribution in [0.4, 0.5) is 5.69 Å². The molecule has 0 atom stereocenters. The number of nitrogens with one attached hydrogen (secondary N) is 2. The Balaban J connectivity index is 1.91. The van der Waals surface area contributed by atoms with Crippen LogP contribution >= 0.6 is 28.1 Å². The largest absolute Gasteiger partial charge is 0.349 e.